The van der Waals surface area contributed by atoms with Crippen LogP contribution >= 0.6 is 0 Å². The Hall–Kier alpha value is -2.61. The Morgan fingerprint density at radius 3 is 2.63 bits per heavy atom. The van der Waals surface area contributed by atoms with Gasteiger partial charge < -0.3 is 14.7 Å². The topological polar surface area (TPSA) is 99.2 Å². The number of likely N-dealkylation sites (tertiary alicyclic amines) is 1. The van der Waals surface area contributed by atoms with E-state index in [2.05, 4.69) is 5.32 Å². The number of piperidine rings is 1. The Balaban J connectivity index is 1.78. The number of hydrogen-bond acceptors (Lipinski definition) is 5. The molecular weight excluding hydrogens is 350 g/mol. The van der Waals surface area contributed by atoms with Crippen molar-refractivity contribution >= 4 is 23.5 Å². The number of ether oxygens (including phenoxy) is 1. The molecule has 146 valence electrons. The van der Waals surface area contributed by atoms with Crippen molar-refractivity contribution in [3.05, 3.63) is 23.8 Å². The fourth-order valence-corrected chi connectivity index (χ4v) is 3.62. The van der Waals surface area contributed by atoms with Crippen molar-refractivity contribution in [2.24, 2.45) is 5.92 Å². The molecule has 8 nitrogen and oxygen atoms in total. The Labute approximate surface area is 158 Å². The van der Waals surface area contributed by atoms with E-state index in [0.717, 1.165) is 19.3 Å². The Kier molecular flexibility index (Phi) is 5.95. The van der Waals surface area contributed by atoms with E-state index in [9.17, 15) is 14.4 Å². The van der Waals surface area contributed by atoms with E-state index in [1.807, 2.05) is 0 Å². The van der Waals surface area contributed by atoms with Gasteiger partial charge >= 0.3 is 6.03 Å². The quantitative estimate of drug-likeness (QED) is 0.810. The molecule has 0 unspecified atom stereocenters. The highest BCUT2D eigenvalue weighted by Gasteiger charge is 2.28. The van der Waals surface area contributed by atoms with Gasteiger partial charge in [0.05, 0.1) is 12.8 Å². The number of imide groups is 1. The van der Waals surface area contributed by atoms with Gasteiger partial charge in [-0.15, -0.1) is 0 Å². The summed E-state index contributed by atoms with van der Waals surface area (Å²) in [6, 6.07) is 4.50. The minimum Gasteiger partial charge on any atom is -0.495 e. The zero-order chi connectivity index (χ0) is 19.4. The van der Waals surface area contributed by atoms with Crippen LogP contribution in [0.4, 0.5) is 10.5 Å². The van der Waals surface area contributed by atoms with Crippen LogP contribution < -0.4 is 15.0 Å². The number of urea groups is 1. The van der Waals surface area contributed by atoms with Crippen LogP contribution in [0.2, 0.25) is 0 Å². The molecule has 27 heavy (non-hydrogen) atoms. The first-order valence-corrected chi connectivity index (χ1v) is 9.23. The van der Waals surface area contributed by atoms with Gasteiger partial charge in [-0.25, -0.2) is 4.79 Å². The number of nitrogens with zero attached hydrogens (tertiary/aromatic N) is 2. The maximum Gasteiger partial charge on any atom is 0.328 e. The van der Waals surface area contributed by atoms with Gasteiger partial charge in [0.15, 0.2) is 0 Å². The molecule has 0 saturated carbocycles. The third kappa shape index (κ3) is 4.21. The van der Waals surface area contributed by atoms with Gasteiger partial charge in [0, 0.05) is 38.2 Å². The zero-order valence-electron chi connectivity index (χ0n) is 15.4. The first kappa shape index (κ1) is 19.2. The normalized spacial score (nSPS) is 18.4. The van der Waals surface area contributed by atoms with Crippen molar-refractivity contribution in [2.75, 3.05) is 38.3 Å². The van der Waals surface area contributed by atoms with Gasteiger partial charge in [0.2, 0.25) is 5.91 Å². The zero-order valence-corrected chi connectivity index (χ0v) is 15.4. The maximum absolute atomic E-state index is 12.9. The summed E-state index contributed by atoms with van der Waals surface area (Å²) in [5.74, 6) is 0.529. The molecule has 3 rings (SSSR count). The van der Waals surface area contributed by atoms with Gasteiger partial charge in [-0.05, 0) is 43.4 Å². The molecule has 0 radical (unpaired) electrons. The van der Waals surface area contributed by atoms with E-state index < -0.39 is 6.03 Å². The number of carbonyl (C=O) groups is 3. The molecule has 0 aliphatic carbocycles. The number of methoxy groups -OCH3 is 1. The van der Waals surface area contributed by atoms with Crippen LogP contribution in [0.1, 0.15) is 36.0 Å². The van der Waals surface area contributed by atoms with Crippen LogP contribution in [0.25, 0.3) is 0 Å². The smallest absolute Gasteiger partial charge is 0.328 e. The second kappa shape index (κ2) is 8.39. The lowest BCUT2D eigenvalue weighted by molar-refractivity contribution is -0.120. The lowest BCUT2D eigenvalue weighted by atomic mass is 9.93. The molecule has 0 atom stereocenters. The van der Waals surface area contributed by atoms with Crippen LogP contribution in [-0.4, -0.2) is 61.2 Å². The minimum absolute atomic E-state index is 0.0881. The predicted octanol–water partition coefficient (Wildman–Crippen LogP) is 1.38. The average molecular weight is 375 g/mol. The van der Waals surface area contributed by atoms with Crippen molar-refractivity contribution in [3.63, 3.8) is 0 Å². The molecule has 2 aliphatic rings. The Bertz CT molecular complexity index is 728. The SMILES string of the molecule is COc1ccc(C(=O)N2CCC(CCO)CC2)cc1N1CCC(=O)NC1=O. The number of carbonyl (C=O) groups excluding carboxylic acids is 3. The number of nitrogens with one attached hydrogen (secondary N) is 1. The molecule has 1 aromatic rings. The lowest BCUT2D eigenvalue weighted by Gasteiger charge is -2.32. The van der Waals surface area contributed by atoms with E-state index >= 15 is 0 Å². The molecule has 8 heteroatoms. The van der Waals surface area contributed by atoms with Crippen LogP contribution in [-0.2, 0) is 4.79 Å². The molecule has 2 fully saturated rings. The van der Waals surface area contributed by atoms with Crippen molar-refractivity contribution in [1.82, 2.24) is 10.2 Å². The van der Waals surface area contributed by atoms with Gasteiger partial charge in [-0.2, -0.15) is 0 Å². The average Bonchev–Trinajstić information content (AvgIpc) is 2.68. The Morgan fingerprint density at radius 2 is 2.00 bits per heavy atom. The number of aliphatic hydroxyl groups excluding tert-OH is 1. The predicted molar refractivity (Wildman–Crippen MR) is 98.8 cm³/mol. The minimum atomic E-state index is -0.515. The summed E-state index contributed by atoms with van der Waals surface area (Å²) in [5.41, 5.74) is 0.958. The molecule has 0 spiro atoms. The summed E-state index contributed by atoms with van der Waals surface area (Å²) in [6.45, 7) is 1.74. The largest absolute Gasteiger partial charge is 0.495 e. The first-order chi connectivity index (χ1) is 13.0. The molecule has 2 heterocycles. The van der Waals surface area contributed by atoms with Crippen molar-refractivity contribution < 1.29 is 24.2 Å². The van der Waals surface area contributed by atoms with E-state index in [1.54, 1.807) is 23.1 Å². The number of amides is 4. The highest BCUT2D eigenvalue weighted by molar-refractivity contribution is 6.07. The molecular formula is C19H25N3O5. The van der Waals surface area contributed by atoms with E-state index in [4.69, 9.17) is 9.84 Å². The fraction of sp³-hybridized carbons (Fsp3) is 0.526. The van der Waals surface area contributed by atoms with Crippen molar-refractivity contribution in [1.29, 1.82) is 0 Å². The molecule has 0 bridgehead atoms. The number of benzene rings is 1. The second-order valence-electron chi connectivity index (χ2n) is 6.89. The summed E-state index contributed by atoms with van der Waals surface area (Å²) < 4.78 is 5.34. The summed E-state index contributed by atoms with van der Waals surface area (Å²) in [6.07, 6.45) is 2.74. The molecule has 1 aromatic carbocycles. The van der Waals surface area contributed by atoms with E-state index in [-0.39, 0.29) is 31.4 Å². The molecule has 2 saturated heterocycles. The summed E-state index contributed by atoms with van der Waals surface area (Å²) in [5, 5.41) is 11.3. The number of rotatable bonds is 5. The Morgan fingerprint density at radius 1 is 1.26 bits per heavy atom. The van der Waals surface area contributed by atoms with Crippen LogP contribution in [0, 0.1) is 5.92 Å². The van der Waals surface area contributed by atoms with Crippen LogP contribution in [0.5, 0.6) is 5.75 Å². The summed E-state index contributed by atoms with van der Waals surface area (Å²) >= 11 is 0. The number of anilines is 1. The van der Waals surface area contributed by atoms with Gasteiger partial charge in [-0.1, -0.05) is 0 Å². The monoisotopic (exact) mass is 375 g/mol. The molecule has 4 amide bonds. The summed E-state index contributed by atoms with van der Waals surface area (Å²) in [7, 11) is 1.50. The second-order valence-corrected chi connectivity index (χ2v) is 6.89. The first-order valence-electron chi connectivity index (χ1n) is 9.23. The molecule has 2 N–H and O–H groups in total. The third-order valence-electron chi connectivity index (χ3n) is 5.21. The van der Waals surface area contributed by atoms with Gasteiger partial charge in [0.1, 0.15) is 5.75 Å². The summed E-state index contributed by atoms with van der Waals surface area (Å²) in [4.78, 5) is 39.7. The number of aliphatic hydroxyl groups is 1. The lowest BCUT2D eigenvalue weighted by Crippen LogP contribution is -2.49. The fourth-order valence-electron chi connectivity index (χ4n) is 3.62. The van der Waals surface area contributed by atoms with Gasteiger partial charge in [-0.3, -0.25) is 19.8 Å². The van der Waals surface area contributed by atoms with E-state index in [1.165, 1.54) is 12.0 Å². The van der Waals surface area contributed by atoms with Crippen molar-refractivity contribution in [3.8, 4) is 5.75 Å². The maximum atomic E-state index is 12.9. The van der Waals surface area contributed by atoms with E-state index in [0.29, 0.717) is 36.0 Å². The number of hydrogen-bond donors (Lipinski definition) is 2. The molecule has 0 aromatic heterocycles. The van der Waals surface area contributed by atoms with Crippen LogP contribution in [0.15, 0.2) is 18.2 Å². The standard InChI is InChI=1S/C19H25N3O5/c1-27-16-3-2-14(12-15(16)22-10-6-17(24)20-19(22)26)18(25)21-8-4-13(5-9-21)7-11-23/h2-3,12-13,23H,4-11H2,1H3,(H,20,24,26). The highest BCUT2D eigenvalue weighted by Crippen LogP contribution is 2.31. The van der Waals surface area contributed by atoms with Crippen LogP contribution in [0.3, 0.4) is 0 Å². The third-order valence-corrected chi connectivity index (χ3v) is 5.21. The molecule has 2 aliphatic heterocycles. The van der Waals surface area contributed by atoms with Crippen molar-refractivity contribution in [2.45, 2.75) is 25.7 Å². The highest BCUT2D eigenvalue weighted by atomic mass is 16.5. The van der Waals surface area contributed by atoms with Gasteiger partial charge in [0.25, 0.3) is 5.91 Å².